The first-order valence-corrected chi connectivity index (χ1v) is 5.85. The lowest BCUT2D eigenvalue weighted by molar-refractivity contribution is -0.141. The van der Waals surface area contributed by atoms with E-state index in [1.54, 1.807) is 0 Å². The molecule has 88 valence electrons. The van der Waals surface area contributed by atoms with Gasteiger partial charge in [0.2, 0.25) is 0 Å². The van der Waals surface area contributed by atoms with Gasteiger partial charge in [-0.3, -0.25) is 13.8 Å². The molecule has 7 heteroatoms. The van der Waals surface area contributed by atoms with E-state index in [-0.39, 0.29) is 13.2 Å². The third-order valence-electron chi connectivity index (χ3n) is 1.26. The SMILES string of the molecule is CCOCCOC(=O)CS(=O)CC(=O)O. The van der Waals surface area contributed by atoms with Gasteiger partial charge in [0.1, 0.15) is 18.1 Å². The van der Waals surface area contributed by atoms with Crippen molar-refractivity contribution in [2.24, 2.45) is 0 Å². The van der Waals surface area contributed by atoms with Gasteiger partial charge in [0.05, 0.1) is 6.61 Å². The monoisotopic (exact) mass is 238 g/mol. The third-order valence-corrected chi connectivity index (χ3v) is 2.38. The van der Waals surface area contributed by atoms with Crippen LogP contribution in [0, 0.1) is 0 Å². The standard InChI is InChI=1S/C8H14O6S/c1-2-13-3-4-14-8(11)6-15(12)5-7(9)10/h2-6H2,1H3,(H,9,10). The van der Waals surface area contributed by atoms with Crippen molar-refractivity contribution < 1.29 is 28.4 Å². The molecule has 0 radical (unpaired) electrons. The Morgan fingerprint density at radius 2 is 1.93 bits per heavy atom. The molecule has 0 aromatic carbocycles. The van der Waals surface area contributed by atoms with Crippen LogP contribution in [0.15, 0.2) is 0 Å². The molecule has 1 unspecified atom stereocenters. The maximum absolute atomic E-state index is 11.0. The van der Waals surface area contributed by atoms with Crippen molar-refractivity contribution in [2.75, 3.05) is 31.3 Å². The summed E-state index contributed by atoms with van der Waals surface area (Å²) in [6.07, 6.45) is 0. The molecule has 0 spiro atoms. The molecule has 1 atom stereocenters. The van der Waals surface area contributed by atoms with Crippen LogP contribution in [0.3, 0.4) is 0 Å². The summed E-state index contributed by atoms with van der Waals surface area (Å²) >= 11 is 0. The fourth-order valence-corrected chi connectivity index (χ4v) is 1.44. The first-order valence-electron chi connectivity index (χ1n) is 4.36. The predicted octanol–water partition coefficient (Wildman–Crippen LogP) is -0.601. The number of carboxylic acids is 1. The van der Waals surface area contributed by atoms with Gasteiger partial charge in [0, 0.05) is 17.4 Å². The average molecular weight is 238 g/mol. The number of hydrogen-bond acceptors (Lipinski definition) is 5. The molecule has 0 heterocycles. The summed E-state index contributed by atoms with van der Waals surface area (Å²) in [5.74, 6) is -2.80. The number of ether oxygens (including phenoxy) is 2. The highest BCUT2D eigenvalue weighted by molar-refractivity contribution is 7.86. The van der Waals surface area contributed by atoms with Gasteiger partial charge in [0.15, 0.2) is 0 Å². The molecule has 0 fully saturated rings. The number of carbonyl (C=O) groups excluding carboxylic acids is 1. The molecule has 0 aliphatic heterocycles. The quantitative estimate of drug-likeness (QED) is 0.448. The van der Waals surface area contributed by atoms with Crippen molar-refractivity contribution >= 4 is 22.7 Å². The Bertz CT molecular complexity index is 239. The van der Waals surface area contributed by atoms with E-state index in [0.717, 1.165) is 0 Å². The number of carboxylic acid groups (broad SMARTS) is 1. The van der Waals surface area contributed by atoms with E-state index < -0.39 is 34.2 Å². The molecular weight excluding hydrogens is 224 g/mol. The van der Waals surface area contributed by atoms with E-state index in [4.69, 9.17) is 9.84 Å². The lowest BCUT2D eigenvalue weighted by Gasteiger charge is -2.03. The van der Waals surface area contributed by atoms with Crippen molar-refractivity contribution in [1.82, 2.24) is 0 Å². The Morgan fingerprint density at radius 3 is 2.47 bits per heavy atom. The van der Waals surface area contributed by atoms with Gasteiger partial charge in [-0.15, -0.1) is 0 Å². The van der Waals surface area contributed by atoms with Crippen LogP contribution >= 0.6 is 0 Å². The molecule has 0 aliphatic rings. The average Bonchev–Trinajstić information content (AvgIpc) is 2.10. The van der Waals surface area contributed by atoms with Gasteiger partial charge in [-0.25, -0.2) is 0 Å². The Kier molecular flexibility index (Phi) is 7.84. The molecule has 0 aromatic rings. The lowest BCUT2D eigenvalue weighted by atomic mass is 10.7. The molecule has 0 saturated heterocycles. The van der Waals surface area contributed by atoms with E-state index in [1.165, 1.54) is 0 Å². The molecule has 0 aromatic heterocycles. The van der Waals surface area contributed by atoms with E-state index in [9.17, 15) is 13.8 Å². The van der Waals surface area contributed by atoms with Gasteiger partial charge in [-0.2, -0.15) is 0 Å². The van der Waals surface area contributed by atoms with Crippen LogP contribution in [0.4, 0.5) is 0 Å². The van der Waals surface area contributed by atoms with Gasteiger partial charge >= 0.3 is 11.9 Å². The van der Waals surface area contributed by atoms with Crippen LogP contribution in [-0.4, -0.2) is 52.6 Å². The van der Waals surface area contributed by atoms with E-state index in [0.29, 0.717) is 6.61 Å². The van der Waals surface area contributed by atoms with E-state index in [2.05, 4.69) is 4.74 Å². The summed E-state index contributed by atoms with van der Waals surface area (Å²) in [5, 5.41) is 8.28. The Balaban J connectivity index is 3.56. The second kappa shape index (κ2) is 8.37. The van der Waals surface area contributed by atoms with Crippen molar-refractivity contribution in [1.29, 1.82) is 0 Å². The second-order valence-corrected chi connectivity index (χ2v) is 4.00. The number of aliphatic carboxylic acids is 1. The molecule has 0 saturated carbocycles. The topological polar surface area (TPSA) is 89.9 Å². The maximum Gasteiger partial charge on any atom is 0.318 e. The molecule has 0 amide bonds. The zero-order chi connectivity index (χ0) is 11.7. The minimum Gasteiger partial charge on any atom is -0.481 e. The zero-order valence-electron chi connectivity index (χ0n) is 8.43. The van der Waals surface area contributed by atoms with Crippen molar-refractivity contribution in [2.45, 2.75) is 6.92 Å². The largest absolute Gasteiger partial charge is 0.481 e. The summed E-state index contributed by atoms with van der Waals surface area (Å²) in [5.41, 5.74) is 0. The molecule has 15 heavy (non-hydrogen) atoms. The number of esters is 1. The highest BCUT2D eigenvalue weighted by Crippen LogP contribution is 1.87. The lowest BCUT2D eigenvalue weighted by Crippen LogP contribution is -2.21. The summed E-state index contributed by atoms with van der Waals surface area (Å²) < 4.78 is 20.5. The molecular formula is C8H14O6S. The predicted molar refractivity (Wildman–Crippen MR) is 53.0 cm³/mol. The molecule has 0 rings (SSSR count). The third kappa shape index (κ3) is 9.36. The fourth-order valence-electron chi connectivity index (χ4n) is 0.721. The molecule has 0 aliphatic carbocycles. The van der Waals surface area contributed by atoms with E-state index in [1.807, 2.05) is 6.92 Å². The van der Waals surface area contributed by atoms with Crippen molar-refractivity contribution in [3.8, 4) is 0 Å². The summed E-state index contributed by atoms with van der Waals surface area (Å²) in [7, 11) is -1.70. The second-order valence-electron chi connectivity index (χ2n) is 2.54. The zero-order valence-corrected chi connectivity index (χ0v) is 9.25. The smallest absolute Gasteiger partial charge is 0.318 e. The Labute approximate surface area is 90.0 Å². The fraction of sp³-hybridized carbons (Fsp3) is 0.750. The number of rotatable bonds is 8. The first kappa shape index (κ1) is 14.1. The van der Waals surface area contributed by atoms with Crippen molar-refractivity contribution in [3.05, 3.63) is 0 Å². The number of hydrogen-bond donors (Lipinski definition) is 1. The van der Waals surface area contributed by atoms with Crippen molar-refractivity contribution in [3.63, 3.8) is 0 Å². The first-order chi connectivity index (χ1) is 7.06. The number of carbonyl (C=O) groups is 2. The maximum atomic E-state index is 11.0. The molecule has 1 N–H and O–H groups in total. The van der Waals surface area contributed by atoms with Crippen LogP contribution in [-0.2, 0) is 29.9 Å². The summed E-state index contributed by atoms with van der Waals surface area (Å²) in [6.45, 7) is 2.72. The molecule has 6 nitrogen and oxygen atoms in total. The van der Waals surface area contributed by atoms with Crippen LogP contribution in [0.2, 0.25) is 0 Å². The highest BCUT2D eigenvalue weighted by Gasteiger charge is 2.12. The van der Waals surface area contributed by atoms with Gasteiger partial charge in [-0.1, -0.05) is 0 Å². The summed E-state index contributed by atoms with van der Waals surface area (Å²) in [4.78, 5) is 21.1. The van der Waals surface area contributed by atoms with Crippen LogP contribution in [0.1, 0.15) is 6.92 Å². The normalized spacial score (nSPS) is 12.1. The Hall–Kier alpha value is -0.950. The van der Waals surface area contributed by atoms with E-state index >= 15 is 0 Å². The van der Waals surface area contributed by atoms with Crippen LogP contribution < -0.4 is 0 Å². The van der Waals surface area contributed by atoms with Crippen LogP contribution in [0.5, 0.6) is 0 Å². The minimum absolute atomic E-state index is 0.0942. The van der Waals surface area contributed by atoms with Gasteiger partial charge in [-0.05, 0) is 6.92 Å². The highest BCUT2D eigenvalue weighted by atomic mass is 32.2. The van der Waals surface area contributed by atoms with Crippen LogP contribution in [0.25, 0.3) is 0 Å². The summed E-state index contributed by atoms with van der Waals surface area (Å²) in [6, 6.07) is 0. The Morgan fingerprint density at radius 1 is 1.27 bits per heavy atom. The van der Waals surface area contributed by atoms with Gasteiger partial charge in [0.25, 0.3) is 0 Å². The van der Waals surface area contributed by atoms with Gasteiger partial charge < -0.3 is 14.6 Å². The minimum atomic E-state index is -1.70. The molecule has 0 bridgehead atoms.